The van der Waals surface area contributed by atoms with Gasteiger partial charge in [0, 0.05) is 6.61 Å². The molecule has 1 aromatic rings. The lowest BCUT2D eigenvalue weighted by Crippen LogP contribution is -2.46. The molecule has 2 atom stereocenters. The number of aliphatic carboxylic acids is 2. The minimum absolute atomic E-state index is 0.0617. The third-order valence-corrected chi connectivity index (χ3v) is 3.80. The number of carboxylic acid groups (broad SMARTS) is 2. The van der Waals surface area contributed by atoms with Gasteiger partial charge in [-0.1, -0.05) is 49.4 Å². The molecule has 0 saturated carbocycles. The van der Waals surface area contributed by atoms with Crippen molar-refractivity contribution >= 4 is 11.9 Å². The summed E-state index contributed by atoms with van der Waals surface area (Å²) in [6.45, 7) is 3.89. The number of benzene rings is 1. The first-order chi connectivity index (χ1) is 11.9. The Kier molecular flexibility index (Phi) is 8.04. The van der Waals surface area contributed by atoms with Crippen LogP contribution in [-0.4, -0.2) is 39.5 Å². The molecule has 0 bridgehead atoms. The molecule has 25 heavy (non-hydrogen) atoms. The second-order valence-electron chi connectivity index (χ2n) is 5.69. The van der Waals surface area contributed by atoms with Gasteiger partial charge >= 0.3 is 11.9 Å². The third-order valence-electron chi connectivity index (χ3n) is 3.80. The summed E-state index contributed by atoms with van der Waals surface area (Å²) in [6, 6.07) is 9.20. The molecule has 0 heterocycles. The van der Waals surface area contributed by atoms with E-state index >= 15 is 0 Å². The van der Waals surface area contributed by atoms with Gasteiger partial charge in [-0.05, 0) is 25.0 Å². The van der Waals surface area contributed by atoms with E-state index in [1.165, 1.54) is 25.2 Å². The number of aliphatic hydroxyl groups is 1. The van der Waals surface area contributed by atoms with Gasteiger partial charge in [0.1, 0.15) is 11.5 Å². The molecule has 0 aromatic heterocycles. The van der Waals surface area contributed by atoms with Gasteiger partial charge in [0.05, 0.1) is 12.2 Å². The zero-order valence-electron chi connectivity index (χ0n) is 14.4. The van der Waals surface area contributed by atoms with E-state index in [0.717, 1.165) is 12.0 Å². The molecule has 2 rings (SSSR count). The third kappa shape index (κ3) is 5.55. The van der Waals surface area contributed by atoms with Gasteiger partial charge in [0.15, 0.2) is 0 Å². The second kappa shape index (κ2) is 9.76. The van der Waals surface area contributed by atoms with Crippen LogP contribution in [0.5, 0.6) is 0 Å². The first-order valence-corrected chi connectivity index (χ1v) is 8.00. The highest BCUT2D eigenvalue weighted by Crippen LogP contribution is 2.35. The minimum Gasteiger partial charge on any atom is -0.481 e. The van der Waals surface area contributed by atoms with Crippen molar-refractivity contribution in [3.05, 3.63) is 59.7 Å². The Morgan fingerprint density at radius 3 is 2.28 bits per heavy atom. The molecular formula is C19H24O6. The van der Waals surface area contributed by atoms with Gasteiger partial charge in [-0.15, -0.1) is 0 Å². The molecule has 136 valence electrons. The normalized spacial score (nSPS) is 21.7. The molecule has 0 aliphatic heterocycles. The van der Waals surface area contributed by atoms with Crippen LogP contribution in [-0.2, 0) is 20.9 Å². The van der Waals surface area contributed by atoms with Crippen molar-refractivity contribution in [1.82, 2.24) is 0 Å². The molecule has 6 nitrogen and oxygen atoms in total. The van der Waals surface area contributed by atoms with Crippen LogP contribution in [0.25, 0.3) is 0 Å². The highest BCUT2D eigenvalue weighted by atomic mass is 16.5. The Morgan fingerprint density at radius 1 is 1.20 bits per heavy atom. The van der Waals surface area contributed by atoms with E-state index in [1.807, 2.05) is 37.3 Å². The van der Waals surface area contributed by atoms with Crippen molar-refractivity contribution < 1.29 is 29.6 Å². The molecule has 3 N–H and O–H groups in total. The zero-order chi connectivity index (χ0) is 18.9. The number of carboxylic acids is 2. The maximum Gasteiger partial charge on any atom is 0.334 e. The van der Waals surface area contributed by atoms with Crippen LogP contribution in [0.2, 0.25) is 0 Å². The van der Waals surface area contributed by atoms with E-state index in [4.69, 9.17) is 9.84 Å². The fourth-order valence-corrected chi connectivity index (χ4v) is 2.36. The van der Waals surface area contributed by atoms with Gasteiger partial charge in [0.25, 0.3) is 0 Å². The molecule has 1 aliphatic rings. The van der Waals surface area contributed by atoms with E-state index < -0.39 is 23.5 Å². The number of carbonyl (C=O) groups is 2. The largest absolute Gasteiger partial charge is 0.481 e. The SMILES string of the molecule is CC1(OCc2ccccc2)C(C(=O)O)=CC=CC1C(=O)O.CCCO. The van der Waals surface area contributed by atoms with Crippen LogP contribution >= 0.6 is 0 Å². The van der Waals surface area contributed by atoms with Gasteiger partial charge in [-0.2, -0.15) is 0 Å². The number of hydrogen-bond acceptors (Lipinski definition) is 4. The molecule has 0 radical (unpaired) electrons. The van der Waals surface area contributed by atoms with Crippen molar-refractivity contribution in [2.45, 2.75) is 32.5 Å². The highest BCUT2D eigenvalue weighted by Gasteiger charge is 2.46. The van der Waals surface area contributed by atoms with E-state index in [2.05, 4.69) is 0 Å². The Labute approximate surface area is 147 Å². The summed E-state index contributed by atoms with van der Waals surface area (Å²) in [4.78, 5) is 22.8. The summed E-state index contributed by atoms with van der Waals surface area (Å²) in [6.07, 6.45) is 5.14. The topological polar surface area (TPSA) is 104 Å². The molecule has 1 aliphatic carbocycles. The smallest absolute Gasteiger partial charge is 0.334 e. The summed E-state index contributed by atoms with van der Waals surface area (Å²) in [7, 11) is 0. The van der Waals surface area contributed by atoms with Gasteiger partial charge in [0.2, 0.25) is 0 Å². The highest BCUT2D eigenvalue weighted by molar-refractivity contribution is 5.92. The lowest BCUT2D eigenvalue weighted by atomic mass is 9.78. The maximum absolute atomic E-state index is 11.4. The van der Waals surface area contributed by atoms with Crippen molar-refractivity contribution in [2.24, 2.45) is 5.92 Å². The van der Waals surface area contributed by atoms with E-state index in [9.17, 15) is 19.8 Å². The summed E-state index contributed by atoms with van der Waals surface area (Å²) in [5, 5.41) is 26.5. The van der Waals surface area contributed by atoms with Crippen LogP contribution in [0.3, 0.4) is 0 Å². The first-order valence-electron chi connectivity index (χ1n) is 8.00. The lowest BCUT2D eigenvalue weighted by molar-refractivity contribution is -0.152. The molecule has 1 aromatic carbocycles. The number of allylic oxidation sites excluding steroid dienone is 2. The van der Waals surface area contributed by atoms with E-state index in [0.29, 0.717) is 6.61 Å². The fourth-order valence-electron chi connectivity index (χ4n) is 2.36. The van der Waals surface area contributed by atoms with Crippen LogP contribution in [0, 0.1) is 5.92 Å². The maximum atomic E-state index is 11.4. The zero-order valence-corrected chi connectivity index (χ0v) is 14.4. The average Bonchev–Trinajstić information content (AvgIpc) is 2.60. The molecule has 0 amide bonds. The lowest BCUT2D eigenvalue weighted by Gasteiger charge is -2.36. The molecule has 6 heteroatoms. The van der Waals surface area contributed by atoms with Crippen molar-refractivity contribution in [2.75, 3.05) is 6.61 Å². The van der Waals surface area contributed by atoms with Gasteiger partial charge in [-0.3, -0.25) is 4.79 Å². The Balaban J connectivity index is 0.000000705. The number of ether oxygens (including phenoxy) is 1. The Bertz CT molecular complexity index is 633. The number of aliphatic hydroxyl groups excluding tert-OH is 1. The van der Waals surface area contributed by atoms with Crippen molar-refractivity contribution in [1.29, 1.82) is 0 Å². The Hall–Kier alpha value is -2.44. The average molecular weight is 348 g/mol. The van der Waals surface area contributed by atoms with E-state index in [1.54, 1.807) is 0 Å². The van der Waals surface area contributed by atoms with Crippen LogP contribution in [0.1, 0.15) is 25.8 Å². The van der Waals surface area contributed by atoms with Crippen molar-refractivity contribution in [3.63, 3.8) is 0 Å². The molecule has 0 fully saturated rings. The standard InChI is InChI=1S/C16H16O5.C3H8O/c1-16(21-10-11-6-3-2-4-7-11)12(14(17)18)8-5-9-13(16)15(19)20;1-2-3-4/h2-9,12H,10H2,1H3,(H,17,18)(H,19,20);4H,2-3H2,1H3. The minimum atomic E-state index is -1.41. The first kappa shape index (κ1) is 20.6. The van der Waals surface area contributed by atoms with Gasteiger partial charge in [-0.25, -0.2) is 4.79 Å². The molecule has 2 unspecified atom stereocenters. The molecular weight excluding hydrogens is 324 g/mol. The summed E-state index contributed by atoms with van der Waals surface area (Å²) in [5.41, 5.74) is -0.627. The quantitative estimate of drug-likeness (QED) is 0.730. The number of hydrogen-bond donors (Lipinski definition) is 3. The van der Waals surface area contributed by atoms with Crippen LogP contribution < -0.4 is 0 Å². The van der Waals surface area contributed by atoms with E-state index in [-0.39, 0.29) is 12.2 Å². The van der Waals surface area contributed by atoms with Crippen LogP contribution in [0.4, 0.5) is 0 Å². The number of rotatable bonds is 6. The predicted molar refractivity (Wildman–Crippen MR) is 93.0 cm³/mol. The van der Waals surface area contributed by atoms with Crippen molar-refractivity contribution in [3.8, 4) is 0 Å². The summed E-state index contributed by atoms with van der Waals surface area (Å²) < 4.78 is 5.72. The summed E-state index contributed by atoms with van der Waals surface area (Å²) >= 11 is 0. The van der Waals surface area contributed by atoms with Crippen LogP contribution in [0.15, 0.2) is 54.1 Å². The molecule has 0 spiro atoms. The fraction of sp³-hybridized carbons (Fsp3) is 0.368. The Morgan fingerprint density at radius 2 is 1.80 bits per heavy atom. The predicted octanol–water partition coefficient (Wildman–Crippen LogP) is 2.63. The second-order valence-corrected chi connectivity index (χ2v) is 5.69. The summed E-state index contributed by atoms with van der Waals surface area (Å²) in [5.74, 6) is -3.34. The van der Waals surface area contributed by atoms with Gasteiger partial charge < -0.3 is 20.1 Å². The molecule has 0 saturated heterocycles. The monoisotopic (exact) mass is 348 g/mol.